The number of nitrogens with one attached hydrogen (secondary N) is 1. The molecule has 0 saturated carbocycles. The predicted molar refractivity (Wildman–Crippen MR) is 84.2 cm³/mol. The lowest BCUT2D eigenvalue weighted by Crippen LogP contribution is -2.48. The van der Waals surface area contributed by atoms with Crippen LogP contribution in [0, 0.1) is 19.3 Å². The van der Waals surface area contributed by atoms with E-state index in [1.807, 2.05) is 13.8 Å². The van der Waals surface area contributed by atoms with E-state index in [4.69, 9.17) is 0 Å². The van der Waals surface area contributed by atoms with E-state index < -0.39 is 0 Å². The predicted octanol–water partition coefficient (Wildman–Crippen LogP) is 3.00. The molecule has 0 aliphatic carbocycles. The molecule has 0 aromatic heterocycles. The van der Waals surface area contributed by atoms with Crippen molar-refractivity contribution in [2.75, 3.05) is 26.2 Å². The molecule has 0 spiro atoms. The van der Waals surface area contributed by atoms with Crippen LogP contribution in [0.25, 0.3) is 0 Å². The summed E-state index contributed by atoms with van der Waals surface area (Å²) in [7, 11) is 0. The van der Waals surface area contributed by atoms with Gasteiger partial charge in [0.25, 0.3) is 0 Å². The van der Waals surface area contributed by atoms with Gasteiger partial charge in [0.1, 0.15) is 5.75 Å². The summed E-state index contributed by atoms with van der Waals surface area (Å²) in [5.41, 5.74) is 3.45. The van der Waals surface area contributed by atoms with Gasteiger partial charge in [-0.15, -0.1) is 0 Å². The van der Waals surface area contributed by atoms with Gasteiger partial charge in [-0.1, -0.05) is 32.9 Å². The molecular weight excluding hydrogens is 248 g/mol. The molecule has 0 unspecified atom stereocenters. The molecule has 2 N–H and O–H groups in total. The zero-order valence-electron chi connectivity index (χ0n) is 13.5. The first-order chi connectivity index (χ1) is 9.30. The van der Waals surface area contributed by atoms with Gasteiger partial charge >= 0.3 is 0 Å². The molecule has 0 bridgehead atoms. The first-order valence-corrected chi connectivity index (χ1v) is 7.55. The van der Waals surface area contributed by atoms with Gasteiger partial charge < -0.3 is 10.4 Å². The van der Waals surface area contributed by atoms with Crippen LogP contribution in [0.2, 0.25) is 0 Å². The lowest BCUT2D eigenvalue weighted by Gasteiger charge is -2.43. The van der Waals surface area contributed by atoms with Gasteiger partial charge in [0.2, 0.25) is 0 Å². The van der Waals surface area contributed by atoms with Crippen LogP contribution in [-0.4, -0.2) is 36.2 Å². The Morgan fingerprint density at radius 2 is 1.60 bits per heavy atom. The smallest absolute Gasteiger partial charge is 0.121 e. The van der Waals surface area contributed by atoms with Crippen molar-refractivity contribution in [2.45, 2.75) is 40.7 Å². The highest BCUT2D eigenvalue weighted by Crippen LogP contribution is 2.40. The molecule has 1 heterocycles. The molecule has 1 aliphatic heterocycles. The number of nitrogens with zero attached hydrogens (tertiary/aromatic N) is 1. The first-order valence-electron chi connectivity index (χ1n) is 7.55. The number of hydrogen-bond donors (Lipinski definition) is 2. The Balaban J connectivity index is 2.41. The van der Waals surface area contributed by atoms with E-state index in [2.05, 4.69) is 43.1 Å². The third-order valence-corrected chi connectivity index (χ3v) is 4.17. The summed E-state index contributed by atoms with van der Waals surface area (Å²) >= 11 is 0. The SMILES string of the molecule is Cc1cc([C@@H](N2CCNCC2)C(C)(C)C)cc(C)c1O. The van der Waals surface area contributed by atoms with Crippen LogP contribution in [-0.2, 0) is 0 Å². The topological polar surface area (TPSA) is 35.5 Å². The van der Waals surface area contributed by atoms with Crippen LogP contribution < -0.4 is 5.32 Å². The highest BCUT2D eigenvalue weighted by Gasteiger charge is 2.32. The minimum atomic E-state index is 0.174. The molecule has 0 radical (unpaired) electrons. The monoisotopic (exact) mass is 276 g/mol. The zero-order valence-corrected chi connectivity index (χ0v) is 13.5. The fraction of sp³-hybridized carbons (Fsp3) is 0.647. The van der Waals surface area contributed by atoms with E-state index in [0.29, 0.717) is 11.8 Å². The first kappa shape index (κ1) is 15.3. The van der Waals surface area contributed by atoms with Crippen molar-refractivity contribution in [3.63, 3.8) is 0 Å². The molecule has 1 fully saturated rings. The minimum absolute atomic E-state index is 0.174. The van der Waals surface area contributed by atoms with E-state index in [1.165, 1.54) is 5.56 Å². The number of piperazine rings is 1. The number of aryl methyl sites for hydroxylation is 2. The summed E-state index contributed by atoms with van der Waals surface area (Å²) in [4.78, 5) is 2.57. The average molecular weight is 276 g/mol. The number of rotatable bonds is 2. The zero-order chi connectivity index (χ0) is 14.9. The molecule has 1 atom stereocenters. The van der Waals surface area contributed by atoms with Crippen LogP contribution in [0.4, 0.5) is 0 Å². The summed E-state index contributed by atoms with van der Waals surface area (Å²) in [6, 6.07) is 4.70. The van der Waals surface area contributed by atoms with Gasteiger partial charge in [0.15, 0.2) is 0 Å². The van der Waals surface area contributed by atoms with Gasteiger partial charge in [-0.3, -0.25) is 4.90 Å². The van der Waals surface area contributed by atoms with E-state index in [1.54, 1.807) is 0 Å². The van der Waals surface area contributed by atoms with Crippen LogP contribution in [0.5, 0.6) is 5.75 Å². The molecule has 1 aromatic carbocycles. The highest BCUT2D eigenvalue weighted by molar-refractivity contribution is 5.43. The lowest BCUT2D eigenvalue weighted by atomic mass is 9.80. The second-order valence-corrected chi connectivity index (χ2v) is 7.06. The standard InChI is InChI=1S/C17H28N2O/c1-12-10-14(11-13(2)15(12)20)16(17(3,4)5)19-8-6-18-7-9-19/h10-11,16,18,20H,6-9H2,1-5H3/t16-/m1/s1. The Hall–Kier alpha value is -1.06. The molecule has 3 nitrogen and oxygen atoms in total. The molecule has 1 saturated heterocycles. The van der Waals surface area contributed by atoms with Crippen molar-refractivity contribution >= 4 is 0 Å². The Morgan fingerprint density at radius 1 is 1.10 bits per heavy atom. The summed E-state index contributed by atoms with van der Waals surface area (Å²) in [6.07, 6.45) is 0. The van der Waals surface area contributed by atoms with Gasteiger partial charge in [-0.25, -0.2) is 0 Å². The number of phenolic OH excluding ortho intramolecular Hbond substituents is 1. The molecule has 0 amide bonds. The van der Waals surface area contributed by atoms with Crippen molar-refractivity contribution in [1.29, 1.82) is 0 Å². The van der Waals surface area contributed by atoms with Crippen molar-refractivity contribution < 1.29 is 5.11 Å². The Labute approximate surface area is 123 Å². The summed E-state index contributed by atoms with van der Waals surface area (Å²) < 4.78 is 0. The van der Waals surface area contributed by atoms with E-state index in [0.717, 1.165) is 37.3 Å². The van der Waals surface area contributed by atoms with Gasteiger partial charge in [0, 0.05) is 32.2 Å². The normalized spacial score (nSPS) is 19.1. The molecule has 1 aromatic rings. The lowest BCUT2D eigenvalue weighted by molar-refractivity contribution is 0.0861. The second-order valence-electron chi connectivity index (χ2n) is 7.06. The molecule has 20 heavy (non-hydrogen) atoms. The maximum atomic E-state index is 10.0. The fourth-order valence-electron chi connectivity index (χ4n) is 3.35. The van der Waals surface area contributed by atoms with Crippen LogP contribution >= 0.6 is 0 Å². The summed E-state index contributed by atoms with van der Waals surface area (Å²) in [6.45, 7) is 15.2. The van der Waals surface area contributed by atoms with Crippen molar-refractivity contribution in [1.82, 2.24) is 10.2 Å². The quantitative estimate of drug-likeness (QED) is 0.871. The van der Waals surface area contributed by atoms with Gasteiger partial charge in [0.05, 0.1) is 0 Å². The van der Waals surface area contributed by atoms with Gasteiger partial charge in [-0.05, 0) is 36.0 Å². The Bertz CT molecular complexity index is 447. The average Bonchev–Trinajstić information content (AvgIpc) is 2.35. The minimum Gasteiger partial charge on any atom is -0.507 e. The number of aromatic hydroxyl groups is 1. The van der Waals surface area contributed by atoms with Gasteiger partial charge in [-0.2, -0.15) is 0 Å². The van der Waals surface area contributed by atoms with E-state index >= 15 is 0 Å². The third-order valence-electron chi connectivity index (χ3n) is 4.17. The Morgan fingerprint density at radius 3 is 2.05 bits per heavy atom. The largest absolute Gasteiger partial charge is 0.507 e. The highest BCUT2D eigenvalue weighted by atomic mass is 16.3. The number of phenols is 1. The Kier molecular flexibility index (Phi) is 4.40. The third kappa shape index (κ3) is 3.15. The van der Waals surface area contributed by atoms with Crippen LogP contribution in [0.3, 0.4) is 0 Å². The van der Waals surface area contributed by atoms with E-state index in [-0.39, 0.29) is 5.41 Å². The summed E-state index contributed by atoms with van der Waals surface area (Å²) in [5.74, 6) is 0.432. The van der Waals surface area contributed by atoms with Crippen molar-refractivity contribution in [2.24, 2.45) is 5.41 Å². The number of hydrogen-bond acceptors (Lipinski definition) is 3. The molecular formula is C17H28N2O. The van der Waals surface area contributed by atoms with Crippen molar-refractivity contribution in [3.05, 3.63) is 28.8 Å². The second kappa shape index (κ2) is 5.74. The fourth-order valence-corrected chi connectivity index (χ4v) is 3.35. The maximum Gasteiger partial charge on any atom is 0.121 e. The molecule has 1 aliphatic rings. The van der Waals surface area contributed by atoms with Crippen LogP contribution in [0.1, 0.15) is 43.5 Å². The summed E-state index contributed by atoms with van der Waals surface area (Å²) in [5, 5.41) is 13.4. The molecule has 3 heteroatoms. The van der Waals surface area contributed by atoms with Crippen molar-refractivity contribution in [3.8, 4) is 5.75 Å². The van der Waals surface area contributed by atoms with Crippen LogP contribution in [0.15, 0.2) is 12.1 Å². The number of benzene rings is 1. The van der Waals surface area contributed by atoms with E-state index in [9.17, 15) is 5.11 Å². The molecule has 112 valence electrons. The molecule has 2 rings (SSSR count). The maximum absolute atomic E-state index is 10.0.